The van der Waals surface area contributed by atoms with Crippen molar-refractivity contribution in [1.82, 2.24) is 10.2 Å². The molecule has 0 saturated carbocycles. The van der Waals surface area contributed by atoms with Crippen molar-refractivity contribution in [3.05, 3.63) is 59.7 Å². The van der Waals surface area contributed by atoms with Gasteiger partial charge >= 0.3 is 0 Å². The Bertz CT molecular complexity index is 807. The average molecular weight is 369 g/mol. The van der Waals surface area contributed by atoms with E-state index in [1.807, 2.05) is 29.2 Å². The van der Waals surface area contributed by atoms with Crippen LogP contribution >= 0.6 is 0 Å². The molecule has 7 heteroatoms. The zero-order valence-electron chi connectivity index (χ0n) is 15.2. The van der Waals surface area contributed by atoms with Gasteiger partial charge in [0.05, 0.1) is 13.2 Å². The van der Waals surface area contributed by atoms with Crippen molar-refractivity contribution in [3.63, 3.8) is 0 Å². The lowest BCUT2D eigenvalue weighted by Gasteiger charge is -2.37. The number of nitrogens with zero attached hydrogens (tertiary/aromatic N) is 1. The normalized spacial score (nSPS) is 16.6. The lowest BCUT2D eigenvalue weighted by Crippen LogP contribution is -2.48. The van der Waals surface area contributed by atoms with Crippen molar-refractivity contribution in [1.29, 1.82) is 0 Å². The first-order chi connectivity index (χ1) is 13.1. The number of benzene rings is 2. The molecule has 1 aliphatic rings. The predicted octanol–water partition coefficient (Wildman–Crippen LogP) is 1.35. The molecule has 3 N–H and O–H groups in total. The fraction of sp³-hybridized carbons (Fsp3) is 0.300. The van der Waals surface area contributed by atoms with Gasteiger partial charge in [0, 0.05) is 30.8 Å². The first-order valence-corrected chi connectivity index (χ1v) is 8.76. The summed E-state index contributed by atoms with van der Waals surface area (Å²) in [7, 11) is 1.63. The van der Waals surface area contributed by atoms with E-state index in [4.69, 9.17) is 15.2 Å². The number of primary amides is 1. The number of methoxy groups -OCH3 is 1. The summed E-state index contributed by atoms with van der Waals surface area (Å²) >= 11 is 0. The highest BCUT2D eigenvalue weighted by atomic mass is 16.5. The second-order valence-electron chi connectivity index (χ2n) is 6.24. The van der Waals surface area contributed by atoms with Gasteiger partial charge in [-0.3, -0.25) is 9.59 Å². The zero-order chi connectivity index (χ0) is 19.2. The fourth-order valence-electron chi connectivity index (χ4n) is 3.18. The number of hydrogen-bond donors (Lipinski definition) is 2. The third-order valence-electron chi connectivity index (χ3n) is 4.48. The van der Waals surface area contributed by atoms with Crippen molar-refractivity contribution in [2.75, 3.05) is 33.4 Å². The second kappa shape index (κ2) is 8.55. The molecular formula is C20H23N3O4. The standard InChI is InChI=1S/C20H23N3O4/c1-26-18-5-3-2-4-16(18)17-12-22-10-11-23(17)20(25)14-6-8-15(9-7-14)27-13-19(21)24/h2-9,17,22H,10-13H2,1H3,(H2,21,24). The molecule has 7 nitrogen and oxygen atoms in total. The Hall–Kier alpha value is -3.06. The van der Waals surface area contributed by atoms with Crippen LogP contribution in [-0.4, -0.2) is 50.1 Å². The number of ether oxygens (including phenoxy) is 2. The van der Waals surface area contributed by atoms with Gasteiger partial charge in [0.1, 0.15) is 11.5 Å². The largest absolute Gasteiger partial charge is 0.496 e. The summed E-state index contributed by atoms with van der Waals surface area (Å²) in [6.07, 6.45) is 0. The summed E-state index contributed by atoms with van der Waals surface area (Å²) in [5.41, 5.74) is 6.60. The van der Waals surface area contributed by atoms with Crippen molar-refractivity contribution >= 4 is 11.8 Å². The van der Waals surface area contributed by atoms with E-state index in [2.05, 4.69) is 5.32 Å². The summed E-state index contributed by atoms with van der Waals surface area (Å²) in [6.45, 7) is 1.80. The number of hydrogen-bond acceptors (Lipinski definition) is 5. The molecule has 1 saturated heterocycles. The number of piperazine rings is 1. The minimum atomic E-state index is -0.546. The van der Waals surface area contributed by atoms with Crippen LogP contribution in [0.2, 0.25) is 0 Å². The van der Waals surface area contributed by atoms with Crippen LogP contribution in [0.4, 0.5) is 0 Å². The number of nitrogens with two attached hydrogens (primary N) is 1. The molecule has 0 radical (unpaired) electrons. The van der Waals surface area contributed by atoms with Gasteiger partial charge in [0.2, 0.25) is 0 Å². The molecule has 27 heavy (non-hydrogen) atoms. The number of carbonyl (C=O) groups is 2. The minimum absolute atomic E-state index is 0.0612. The average Bonchev–Trinajstić information content (AvgIpc) is 2.72. The highest BCUT2D eigenvalue weighted by molar-refractivity contribution is 5.94. The number of carbonyl (C=O) groups excluding carboxylic acids is 2. The van der Waals surface area contributed by atoms with E-state index in [-0.39, 0.29) is 18.6 Å². The molecule has 0 bridgehead atoms. The SMILES string of the molecule is COc1ccccc1C1CNCCN1C(=O)c1ccc(OCC(N)=O)cc1. The van der Waals surface area contributed by atoms with Crippen LogP contribution in [-0.2, 0) is 4.79 Å². The van der Waals surface area contributed by atoms with Gasteiger partial charge in [-0.2, -0.15) is 0 Å². The Morgan fingerprint density at radius 3 is 2.63 bits per heavy atom. The monoisotopic (exact) mass is 369 g/mol. The van der Waals surface area contributed by atoms with Gasteiger partial charge in [-0.25, -0.2) is 0 Å². The quantitative estimate of drug-likeness (QED) is 0.802. The van der Waals surface area contributed by atoms with E-state index >= 15 is 0 Å². The predicted molar refractivity (Wildman–Crippen MR) is 101 cm³/mol. The maximum absolute atomic E-state index is 13.1. The molecule has 0 aromatic heterocycles. The zero-order valence-corrected chi connectivity index (χ0v) is 15.2. The van der Waals surface area contributed by atoms with Gasteiger partial charge < -0.3 is 25.4 Å². The fourth-order valence-corrected chi connectivity index (χ4v) is 3.18. The van der Waals surface area contributed by atoms with Crippen molar-refractivity contribution in [2.24, 2.45) is 5.73 Å². The Morgan fingerprint density at radius 1 is 1.19 bits per heavy atom. The van der Waals surface area contributed by atoms with E-state index in [0.29, 0.717) is 24.4 Å². The highest BCUT2D eigenvalue weighted by Gasteiger charge is 2.30. The van der Waals surface area contributed by atoms with Crippen molar-refractivity contribution < 1.29 is 19.1 Å². The molecule has 2 aromatic carbocycles. The number of rotatable bonds is 6. The molecule has 0 aliphatic carbocycles. The van der Waals surface area contributed by atoms with Gasteiger partial charge in [-0.1, -0.05) is 18.2 Å². The third-order valence-corrected chi connectivity index (χ3v) is 4.48. The van der Waals surface area contributed by atoms with E-state index in [1.54, 1.807) is 31.4 Å². The minimum Gasteiger partial charge on any atom is -0.496 e. The topological polar surface area (TPSA) is 93.9 Å². The smallest absolute Gasteiger partial charge is 0.255 e. The molecule has 1 unspecified atom stereocenters. The van der Waals surface area contributed by atoms with Crippen LogP contribution in [0.1, 0.15) is 22.0 Å². The van der Waals surface area contributed by atoms with E-state index in [0.717, 1.165) is 17.9 Å². The Morgan fingerprint density at radius 2 is 1.93 bits per heavy atom. The summed E-state index contributed by atoms with van der Waals surface area (Å²) in [5.74, 6) is 0.649. The van der Waals surface area contributed by atoms with Crippen molar-refractivity contribution in [3.8, 4) is 11.5 Å². The summed E-state index contributed by atoms with van der Waals surface area (Å²) in [5, 5.41) is 3.34. The lowest BCUT2D eigenvalue weighted by molar-refractivity contribution is -0.119. The molecule has 1 aliphatic heterocycles. The maximum Gasteiger partial charge on any atom is 0.255 e. The number of para-hydroxylation sites is 1. The van der Waals surface area contributed by atoms with E-state index in [1.165, 1.54) is 0 Å². The van der Waals surface area contributed by atoms with Crippen LogP contribution < -0.4 is 20.5 Å². The van der Waals surface area contributed by atoms with Crippen LogP contribution in [0.5, 0.6) is 11.5 Å². The molecule has 3 rings (SSSR count). The highest BCUT2D eigenvalue weighted by Crippen LogP contribution is 2.31. The van der Waals surface area contributed by atoms with E-state index < -0.39 is 5.91 Å². The second-order valence-corrected chi connectivity index (χ2v) is 6.24. The molecule has 2 amide bonds. The van der Waals surface area contributed by atoms with Gasteiger partial charge in [0.25, 0.3) is 11.8 Å². The molecule has 1 fully saturated rings. The number of nitrogens with one attached hydrogen (secondary N) is 1. The Balaban J connectivity index is 1.80. The van der Waals surface area contributed by atoms with E-state index in [9.17, 15) is 9.59 Å². The van der Waals surface area contributed by atoms with Crippen LogP contribution in [0.3, 0.4) is 0 Å². The summed E-state index contributed by atoms with van der Waals surface area (Å²) in [6, 6.07) is 14.3. The Labute approximate surface area is 158 Å². The van der Waals surface area contributed by atoms with Gasteiger partial charge in [-0.05, 0) is 30.3 Å². The molecule has 2 aromatic rings. The summed E-state index contributed by atoms with van der Waals surface area (Å²) in [4.78, 5) is 25.8. The molecule has 1 heterocycles. The first-order valence-electron chi connectivity index (χ1n) is 8.76. The van der Waals surface area contributed by atoms with Crippen LogP contribution in [0.25, 0.3) is 0 Å². The first kappa shape index (κ1) is 18.7. The van der Waals surface area contributed by atoms with Crippen LogP contribution in [0, 0.1) is 0 Å². The van der Waals surface area contributed by atoms with Gasteiger partial charge in [0.15, 0.2) is 6.61 Å². The molecule has 1 atom stereocenters. The molecule has 142 valence electrons. The van der Waals surface area contributed by atoms with Gasteiger partial charge in [-0.15, -0.1) is 0 Å². The molecule has 0 spiro atoms. The Kier molecular flexibility index (Phi) is 5.93. The van der Waals surface area contributed by atoms with Crippen molar-refractivity contribution in [2.45, 2.75) is 6.04 Å². The summed E-state index contributed by atoms with van der Waals surface area (Å²) < 4.78 is 10.7. The van der Waals surface area contributed by atoms with Crippen LogP contribution in [0.15, 0.2) is 48.5 Å². The lowest BCUT2D eigenvalue weighted by atomic mass is 10.0. The molecular weight excluding hydrogens is 346 g/mol. The third kappa shape index (κ3) is 4.38. The number of amides is 2. The maximum atomic E-state index is 13.1.